The molecule has 0 unspecified atom stereocenters. The molecule has 0 N–H and O–H groups in total. The van der Waals surface area contributed by atoms with Gasteiger partial charge >= 0.3 is 0 Å². The second-order valence-electron chi connectivity index (χ2n) is 4.61. The van der Waals surface area contributed by atoms with Gasteiger partial charge in [0.15, 0.2) is 0 Å². The molecule has 3 heteroatoms. The summed E-state index contributed by atoms with van der Waals surface area (Å²) in [6, 6.07) is 6.39. The lowest BCUT2D eigenvalue weighted by Gasteiger charge is -2.29. The van der Waals surface area contributed by atoms with Crippen LogP contribution in [0.25, 0.3) is 0 Å². The lowest BCUT2D eigenvalue weighted by Crippen LogP contribution is -2.27. The van der Waals surface area contributed by atoms with Crippen LogP contribution in [0.5, 0.6) is 5.75 Å². The predicted octanol–water partition coefficient (Wildman–Crippen LogP) is 4.73. The van der Waals surface area contributed by atoms with Crippen LogP contribution in [0.15, 0.2) is 18.2 Å². The largest absolute Gasteiger partial charge is 0.496 e. The van der Waals surface area contributed by atoms with Crippen molar-refractivity contribution in [2.24, 2.45) is 5.41 Å². The molecule has 0 fully saturated rings. The third-order valence-corrected chi connectivity index (χ3v) is 5.70. The van der Waals surface area contributed by atoms with Crippen molar-refractivity contribution in [2.75, 3.05) is 17.8 Å². The smallest absolute Gasteiger partial charge is 0.122 e. The van der Waals surface area contributed by atoms with E-state index in [1.54, 1.807) is 7.11 Å². The Morgan fingerprint density at radius 3 is 2.35 bits per heavy atom. The molecule has 0 bridgehead atoms. The molecular formula is C14H20Br2O. The summed E-state index contributed by atoms with van der Waals surface area (Å²) in [6.07, 6.45) is 2.17. The fourth-order valence-corrected chi connectivity index (χ4v) is 4.01. The molecule has 0 atom stereocenters. The topological polar surface area (TPSA) is 9.23 Å². The molecule has 0 aromatic heterocycles. The Morgan fingerprint density at radius 2 is 1.88 bits per heavy atom. The normalized spacial score (nSPS) is 11.6. The molecule has 0 saturated heterocycles. The molecule has 0 spiro atoms. The van der Waals surface area contributed by atoms with Crippen molar-refractivity contribution in [3.05, 3.63) is 29.3 Å². The lowest BCUT2D eigenvalue weighted by atomic mass is 9.82. The minimum absolute atomic E-state index is 0.265. The van der Waals surface area contributed by atoms with E-state index in [9.17, 15) is 0 Å². The first-order valence-electron chi connectivity index (χ1n) is 5.86. The van der Waals surface area contributed by atoms with E-state index in [0.717, 1.165) is 29.3 Å². The molecule has 0 aliphatic heterocycles. The maximum atomic E-state index is 5.45. The highest BCUT2D eigenvalue weighted by molar-refractivity contribution is 9.09. The van der Waals surface area contributed by atoms with Crippen molar-refractivity contribution in [3.63, 3.8) is 0 Å². The molecule has 1 aromatic carbocycles. The molecular weight excluding hydrogens is 344 g/mol. The fourth-order valence-electron chi connectivity index (χ4n) is 1.89. The number of aryl methyl sites for hydroxylation is 1. The maximum Gasteiger partial charge on any atom is 0.122 e. The van der Waals surface area contributed by atoms with E-state index in [-0.39, 0.29) is 5.41 Å². The van der Waals surface area contributed by atoms with Gasteiger partial charge in [-0.3, -0.25) is 0 Å². The van der Waals surface area contributed by atoms with Crippen LogP contribution in [-0.4, -0.2) is 17.8 Å². The first-order chi connectivity index (χ1) is 8.10. The minimum Gasteiger partial charge on any atom is -0.496 e. The first-order valence-corrected chi connectivity index (χ1v) is 8.10. The van der Waals surface area contributed by atoms with Crippen LogP contribution in [0, 0.1) is 12.3 Å². The van der Waals surface area contributed by atoms with Gasteiger partial charge in [-0.05, 0) is 36.8 Å². The maximum absolute atomic E-state index is 5.45. The van der Waals surface area contributed by atoms with E-state index in [1.807, 2.05) is 0 Å². The van der Waals surface area contributed by atoms with Crippen LogP contribution >= 0.6 is 31.9 Å². The van der Waals surface area contributed by atoms with E-state index >= 15 is 0 Å². The summed E-state index contributed by atoms with van der Waals surface area (Å²) < 4.78 is 5.45. The number of benzene rings is 1. The summed E-state index contributed by atoms with van der Waals surface area (Å²) in [6.45, 7) is 4.36. The van der Waals surface area contributed by atoms with Gasteiger partial charge in [0.05, 0.1) is 7.11 Å². The summed E-state index contributed by atoms with van der Waals surface area (Å²) in [5, 5.41) is 2.00. The van der Waals surface area contributed by atoms with Crippen LogP contribution in [0.4, 0.5) is 0 Å². The molecule has 0 aliphatic carbocycles. The molecule has 1 aromatic rings. The zero-order chi connectivity index (χ0) is 12.9. The van der Waals surface area contributed by atoms with Gasteiger partial charge in [0.25, 0.3) is 0 Å². The van der Waals surface area contributed by atoms with Crippen LogP contribution in [0.2, 0.25) is 0 Å². The monoisotopic (exact) mass is 362 g/mol. The van der Waals surface area contributed by atoms with Crippen molar-refractivity contribution >= 4 is 31.9 Å². The standard InChI is InChI=1S/C14H20Br2O/c1-4-14(9-15,10-16)8-12-7-11(2)5-6-13(12)17-3/h5-7H,4,8-10H2,1-3H3. The number of ether oxygens (including phenoxy) is 1. The van der Waals surface area contributed by atoms with Gasteiger partial charge < -0.3 is 4.74 Å². The zero-order valence-corrected chi connectivity index (χ0v) is 13.9. The second kappa shape index (κ2) is 6.79. The van der Waals surface area contributed by atoms with Crippen molar-refractivity contribution < 1.29 is 4.74 Å². The molecule has 0 saturated carbocycles. The van der Waals surface area contributed by atoms with Gasteiger partial charge in [-0.25, -0.2) is 0 Å². The highest BCUT2D eigenvalue weighted by Gasteiger charge is 2.27. The summed E-state index contributed by atoms with van der Waals surface area (Å²) in [5.41, 5.74) is 2.85. The van der Waals surface area contributed by atoms with Gasteiger partial charge in [0, 0.05) is 10.7 Å². The van der Waals surface area contributed by atoms with Gasteiger partial charge in [0.1, 0.15) is 5.75 Å². The zero-order valence-electron chi connectivity index (χ0n) is 10.7. The van der Waals surface area contributed by atoms with E-state index in [2.05, 4.69) is 63.9 Å². The highest BCUT2D eigenvalue weighted by Crippen LogP contribution is 2.34. The van der Waals surface area contributed by atoms with Crippen LogP contribution in [0.1, 0.15) is 24.5 Å². The number of alkyl halides is 2. The van der Waals surface area contributed by atoms with Crippen molar-refractivity contribution in [1.82, 2.24) is 0 Å². The van der Waals surface area contributed by atoms with E-state index in [0.29, 0.717) is 0 Å². The summed E-state index contributed by atoms with van der Waals surface area (Å²) in [4.78, 5) is 0. The predicted molar refractivity (Wildman–Crippen MR) is 81.7 cm³/mol. The molecule has 96 valence electrons. The van der Waals surface area contributed by atoms with Gasteiger partial charge in [-0.15, -0.1) is 0 Å². The molecule has 17 heavy (non-hydrogen) atoms. The Bertz CT molecular complexity index is 351. The minimum atomic E-state index is 0.265. The fraction of sp³-hybridized carbons (Fsp3) is 0.571. The van der Waals surface area contributed by atoms with Crippen LogP contribution < -0.4 is 4.74 Å². The molecule has 0 radical (unpaired) electrons. The molecule has 0 amide bonds. The van der Waals surface area contributed by atoms with Crippen molar-refractivity contribution in [3.8, 4) is 5.75 Å². The average Bonchev–Trinajstić information content (AvgIpc) is 2.36. The van der Waals surface area contributed by atoms with Crippen LogP contribution in [-0.2, 0) is 6.42 Å². The third kappa shape index (κ3) is 3.72. The van der Waals surface area contributed by atoms with Gasteiger partial charge in [-0.1, -0.05) is 56.5 Å². The molecule has 1 nitrogen and oxygen atoms in total. The number of hydrogen-bond acceptors (Lipinski definition) is 1. The Kier molecular flexibility index (Phi) is 6.01. The van der Waals surface area contributed by atoms with E-state index in [4.69, 9.17) is 4.74 Å². The summed E-state index contributed by atoms with van der Waals surface area (Å²) in [5.74, 6) is 0.996. The Balaban J connectivity index is 3.03. The first kappa shape index (κ1) is 15.0. The number of rotatable bonds is 6. The SMILES string of the molecule is CCC(CBr)(CBr)Cc1cc(C)ccc1OC. The average molecular weight is 364 g/mol. The number of methoxy groups -OCH3 is 1. The summed E-state index contributed by atoms with van der Waals surface area (Å²) >= 11 is 7.29. The Labute approximate surface area is 121 Å². The van der Waals surface area contributed by atoms with Crippen molar-refractivity contribution in [1.29, 1.82) is 0 Å². The van der Waals surface area contributed by atoms with Crippen molar-refractivity contribution in [2.45, 2.75) is 26.7 Å². The lowest BCUT2D eigenvalue weighted by molar-refractivity contribution is 0.357. The molecule has 1 rings (SSSR count). The highest BCUT2D eigenvalue weighted by atomic mass is 79.9. The van der Waals surface area contributed by atoms with E-state index < -0.39 is 0 Å². The van der Waals surface area contributed by atoms with Gasteiger partial charge in [0.2, 0.25) is 0 Å². The summed E-state index contributed by atoms with van der Waals surface area (Å²) in [7, 11) is 1.74. The number of halogens is 2. The second-order valence-corrected chi connectivity index (χ2v) is 5.73. The quantitative estimate of drug-likeness (QED) is 0.663. The van der Waals surface area contributed by atoms with Crippen LogP contribution in [0.3, 0.4) is 0 Å². The molecule has 0 aliphatic rings. The van der Waals surface area contributed by atoms with Gasteiger partial charge in [-0.2, -0.15) is 0 Å². The Morgan fingerprint density at radius 1 is 1.24 bits per heavy atom. The molecule has 0 heterocycles. The van der Waals surface area contributed by atoms with E-state index in [1.165, 1.54) is 11.1 Å². The Hall–Kier alpha value is -0.0200. The third-order valence-electron chi connectivity index (χ3n) is 3.32. The number of hydrogen-bond donors (Lipinski definition) is 0.